The van der Waals surface area contributed by atoms with Crippen molar-refractivity contribution in [1.82, 2.24) is 9.88 Å². The summed E-state index contributed by atoms with van der Waals surface area (Å²) in [6.45, 7) is 3.27. The van der Waals surface area contributed by atoms with Gasteiger partial charge in [-0.1, -0.05) is 0 Å². The van der Waals surface area contributed by atoms with Gasteiger partial charge in [0.05, 0.1) is 0 Å². The van der Waals surface area contributed by atoms with Gasteiger partial charge in [0.15, 0.2) is 0 Å². The first-order valence-corrected chi connectivity index (χ1v) is 6.61. The van der Waals surface area contributed by atoms with Gasteiger partial charge in [-0.05, 0) is 52.2 Å². The van der Waals surface area contributed by atoms with Crippen LogP contribution in [0, 0.1) is 0 Å². The molecule has 2 aromatic rings. The lowest BCUT2D eigenvalue weighted by Crippen LogP contribution is -2.23. The number of benzene rings is 1. The van der Waals surface area contributed by atoms with Gasteiger partial charge in [-0.15, -0.1) is 0 Å². The van der Waals surface area contributed by atoms with Crippen LogP contribution in [0.3, 0.4) is 0 Å². The van der Waals surface area contributed by atoms with Gasteiger partial charge in [-0.2, -0.15) is 0 Å². The molecule has 1 aromatic carbocycles. The lowest BCUT2D eigenvalue weighted by molar-refractivity contribution is 0.390. The molecule has 0 spiro atoms. The van der Waals surface area contributed by atoms with Crippen LogP contribution in [0.25, 0.3) is 10.8 Å². The van der Waals surface area contributed by atoms with E-state index < -0.39 is 0 Å². The Labute approximate surface area is 114 Å². The molecular weight excluding hydrogens is 236 g/mol. The van der Waals surface area contributed by atoms with Crippen molar-refractivity contribution >= 4 is 22.1 Å². The Morgan fingerprint density at radius 3 is 2.79 bits per heavy atom. The maximum absolute atomic E-state index is 5.99. The summed E-state index contributed by atoms with van der Waals surface area (Å²) in [6.07, 6.45) is 4.74. The maximum atomic E-state index is 5.99. The van der Waals surface area contributed by atoms with Crippen LogP contribution in [0.1, 0.15) is 13.3 Å². The average molecular weight is 258 g/mol. The molecule has 1 aromatic heterocycles. The third-order valence-corrected chi connectivity index (χ3v) is 3.26. The molecule has 0 amide bonds. The third kappa shape index (κ3) is 3.35. The topological polar surface area (TPSA) is 54.2 Å². The van der Waals surface area contributed by atoms with Crippen molar-refractivity contribution in [1.29, 1.82) is 0 Å². The van der Waals surface area contributed by atoms with Gasteiger partial charge in [0.25, 0.3) is 0 Å². The molecule has 1 atom stereocenters. The maximum Gasteiger partial charge on any atom is 0.0439 e. The number of aromatic nitrogens is 1. The Morgan fingerprint density at radius 2 is 2.05 bits per heavy atom. The molecule has 0 aliphatic carbocycles. The number of rotatable bonds is 5. The molecule has 2 rings (SSSR count). The van der Waals surface area contributed by atoms with Crippen LogP contribution in [-0.4, -0.2) is 36.6 Å². The van der Waals surface area contributed by atoms with Crippen LogP contribution in [0.2, 0.25) is 0 Å². The molecule has 19 heavy (non-hydrogen) atoms. The summed E-state index contributed by atoms with van der Waals surface area (Å²) in [6, 6.07) is 6.35. The number of fused-ring (bicyclic) bond motifs is 1. The Balaban J connectivity index is 2.19. The molecule has 0 saturated heterocycles. The van der Waals surface area contributed by atoms with Crippen LogP contribution in [-0.2, 0) is 0 Å². The smallest absolute Gasteiger partial charge is 0.0439 e. The highest BCUT2D eigenvalue weighted by atomic mass is 15.1. The fraction of sp³-hybridized carbons (Fsp3) is 0.400. The van der Waals surface area contributed by atoms with Crippen molar-refractivity contribution in [3.63, 3.8) is 0 Å². The largest absolute Gasteiger partial charge is 0.398 e. The minimum Gasteiger partial charge on any atom is -0.398 e. The molecule has 0 radical (unpaired) electrons. The molecule has 0 fully saturated rings. The highest BCUT2D eigenvalue weighted by molar-refractivity contribution is 6.00. The van der Waals surface area contributed by atoms with Crippen molar-refractivity contribution in [3.05, 3.63) is 30.6 Å². The van der Waals surface area contributed by atoms with Gasteiger partial charge in [-0.25, -0.2) is 0 Å². The van der Waals surface area contributed by atoms with Gasteiger partial charge in [-0.3, -0.25) is 4.98 Å². The lowest BCUT2D eigenvalue weighted by Gasteiger charge is -2.19. The molecule has 1 unspecified atom stereocenters. The Kier molecular flexibility index (Phi) is 4.22. The minimum atomic E-state index is 0.412. The standard InChI is InChI=1S/C15H22N4/c1-11(7-9-19(2)3)18-15-5-4-14(16)12-6-8-17-10-13(12)15/h4-6,8,10-11,18H,7,9,16H2,1-3H3. The van der Waals surface area contributed by atoms with Gasteiger partial charge in [0.1, 0.15) is 0 Å². The number of nitrogens with one attached hydrogen (secondary N) is 1. The molecule has 0 aliphatic rings. The fourth-order valence-electron chi connectivity index (χ4n) is 2.13. The van der Waals surface area contributed by atoms with Crippen LogP contribution in [0.15, 0.2) is 30.6 Å². The zero-order valence-electron chi connectivity index (χ0n) is 11.9. The van der Waals surface area contributed by atoms with Crippen molar-refractivity contribution < 1.29 is 0 Å². The summed E-state index contributed by atoms with van der Waals surface area (Å²) >= 11 is 0. The molecule has 102 valence electrons. The SMILES string of the molecule is CC(CCN(C)C)Nc1ccc(N)c2ccncc12. The summed E-state index contributed by atoms with van der Waals surface area (Å²) in [4.78, 5) is 6.39. The molecule has 4 heteroatoms. The quantitative estimate of drug-likeness (QED) is 0.809. The molecule has 3 N–H and O–H groups in total. The second-order valence-corrected chi connectivity index (χ2v) is 5.26. The van der Waals surface area contributed by atoms with E-state index in [0.717, 1.165) is 35.1 Å². The molecule has 4 nitrogen and oxygen atoms in total. The zero-order valence-corrected chi connectivity index (χ0v) is 11.9. The number of hydrogen-bond donors (Lipinski definition) is 2. The van der Waals surface area contributed by atoms with Crippen molar-refractivity contribution in [2.75, 3.05) is 31.7 Å². The number of nitrogens with zero attached hydrogens (tertiary/aromatic N) is 2. The normalized spacial score (nSPS) is 12.8. The van der Waals surface area contributed by atoms with Crippen molar-refractivity contribution in [3.8, 4) is 0 Å². The fourth-order valence-corrected chi connectivity index (χ4v) is 2.13. The van der Waals surface area contributed by atoms with Gasteiger partial charge >= 0.3 is 0 Å². The number of hydrogen-bond acceptors (Lipinski definition) is 4. The number of anilines is 2. The highest BCUT2D eigenvalue weighted by Gasteiger charge is 2.07. The van der Waals surface area contributed by atoms with E-state index in [9.17, 15) is 0 Å². The molecular formula is C15H22N4. The summed E-state index contributed by atoms with van der Waals surface area (Å²) < 4.78 is 0. The van der Waals surface area contributed by atoms with E-state index in [-0.39, 0.29) is 0 Å². The Bertz CT molecular complexity index is 551. The molecule has 1 heterocycles. The van der Waals surface area contributed by atoms with E-state index in [2.05, 4.69) is 36.2 Å². The van der Waals surface area contributed by atoms with E-state index >= 15 is 0 Å². The third-order valence-electron chi connectivity index (χ3n) is 3.26. The monoisotopic (exact) mass is 258 g/mol. The molecule has 0 saturated carbocycles. The summed E-state index contributed by atoms with van der Waals surface area (Å²) in [5.74, 6) is 0. The van der Waals surface area contributed by atoms with Crippen LogP contribution in [0.5, 0.6) is 0 Å². The lowest BCUT2D eigenvalue weighted by atomic mass is 10.1. The number of nitrogen functional groups attached to an aromatic ring is 1. The first-order chi connectivity index (χ1) is 9.08. The average Bonchev–Trinajstić information content (AvgIpc) is 2.40. The highest BCUT2D eigenvalue weighted by Crippen LogP contribution is 2.27. The van der Waals surface area contributed by atoms with E-state index in [1.807, 2.05) is 24.4 Å². The van der Waals surface area contributed by atoms with Gasteiger partial charge in [0.2, 0.25) is 0 Å². The van der Waals surface area contributed by atoms with Crippen LogP contribution in [0.4, 0.5) is 11.4 Å². The minimum absolute atomic E-state index is 0.412. The molecule has 0 aliphatic heterocycles. The Hall–Kier alpha value is -1.81. The van der Waals surface area contributed by atoms with Gasteiger partial charge < -0.3 is 16.0 Å². The van der Waals surface area contributed by atoms with Crippen molar-refractivity contribution in [2.24, 2.45) is 0 Å². The van der Waals surface area contributed by atoms with Gasteiger partial charge in [0, 0.05) is 40.6 Å². The second kappa shape index (κ2) is 5.89. The van der Waals surface area contributed by atoms with Crippen molar-refractivity contribution in [2.45, 2.75) is 19.4 Å². The summed E-state index contributed by atoms with van der Waals surface area (Å²) in [5, 5.41) is 5.68. The summed E-state index contributed by atoms with van der Waals surface area (Å²) in [7, 11) is 4.19. The zero-order chi connectivity index (χ0) is 13.8. The first kappa shape index (κ1) is 13.6. The van der Waals surface area contributed by atoms with E-state index in [0.29, 0.717) is 6.04 Å². The predicted molar refractivity (Wildman–Crippen MR) is 82.4 cm³/mol. The van der Waals surface area contributed by atoms with E-state index in [1.165, 1.54) is 0 Å². The van der Waals surface area contributed by atoms with E-state index in [4.69, 9.17) is 5.73 Å². The van der Waals surface area contributed by atoms with Crippen LogP contribution >= 0.6 is 0 Å². The molecule has 0 bridgehead atoms. The first-order valence-electron chi connectivity index (χ1n) is 6.61. The van der Waals surface area contributed by atoms with Crippen LogP contribution < -0.4 is 11.1 Å². The number of pyridine rings is 1. The predicted octanol–water partition coefficient (Wildman–Crippen LogP) is 2.57. The second-order valence-electron chi connectivity index (χ2n) is 5.26. The van der Waals surface area contributed by atoms with E-state index in [1.54, 1.807) is 6.20 Å². The number of nitrogens with two attached hydrogens (primary N) is 1. The summed E-state index contributed by atoms with van der Waals surface area (Å²) in [5.41, 5.74) is 7.89. The Morgan fingerprint density at radius 1 is 1.26 bits per heavy atom.